The summed E-state index contributed by atoms with van der Waals surface area (Å²) in [6, 6.07) is 19.6. The molecule has 0 aliphatic rings. The zero-order valence-corrected chi connectivity index (χ0v) is 12.6. The Hall–Kier alpha value is -1.76. The number of anilines is 1. The fourth-order valence-electron chi connectivity index (χ4n) is 2.34. The summed E-state index contributed by atoms with van der Waals surface area (Å²) in [6.07, 6.45) is 3.50. The average molecular weight is 267 g/mol. The maximum atomic E-state index is 3.50. The molecule has 0 aliphatic carbocycles. The third-order valence-corrected chi connectivity index (χ3v) is 3.91. The average Bonchev–Trinajstić information content (AvgIpc) is 2.52. The lowest BCUT2D eigenvalue weighted by Crippen LogP contribution is -2.03. The van der Waals surface area contributed by atoms with Crippen molar-refractivity contribution in [3.05, 3.63) is 65.7 Å². The number of hydrogen-bond acceptors (Lipinski definition) is 1. The summed E-state index contributed by atoms with van der Waals surface area (Å²) in [7, 11) is 0. The molecule has 0 bridgehead atoms. The molecule has 106 valence electrons. The van der Waals surface area contributed by atoms with Gasteiger partial charge in [0.05, 0.1) is 0 Å². The molecule has 0 heterocycles. The monoisotopic (exact) mass is 267 g/mol. The van der Waals surface area contributed by atoms with Crippen molar-refractivity contribution in [1.29, 1.82) is 0 Å². The van der Waals surface area contributed by atoms with E-state index in [9.17, 15) is 0 Å². The van der Waals surface area contributed by atoms with Crippen molar-refractivity contribution in [2.24, 2.45) is 0 Å². The third-order valence-electron chi connectivity index (χ3n) is 3.91. The summed E-state index contributed by atoms with van der Waals surface area (Å²) in [5.41, 5.74) is 4.08. The fourth-order valence-corrected chi connectivity index (χ4v) is 2.34. The van der Waals surface area contributed by atoms with Crippen molar-refractivity contribution < 1.29 is 0 Å². The molecule has 2 aromatic carbocycles. The third kappa shape index (κ3) is 4.41. The maximum absolute atomic E-state index is 3.50. The Morgan fingerprint density at radius 3 is 2.30 bits per heavy atom. The molecule has 0 saturated carbocycles. The molecule has 2 rings (SSSR count). The van der Waals surface area contributed by atoms with E-state index in [0.29, 0.717) is 5.92 Å². The number of rotatable bonds is 7. The second-order valence-corrected chi connectivity index (χ2v) is 5.45. The van der Waals surface area contributed by atoms with Crippen LogP contribution in [0.15, 0.2) is 54.6 Å². The summed E-state index contributed by atoms with van der Waals surface area (Å²) in [4.78, 5) is 0. The Kier molecular flexibility index (Phi) is 5.67. The molecule has 2 aromatic rings. The first kappa shape index (κ1) is 14.6. The molecule has 1 N–H and O–H groups in total. The summed E-state index contributed by atoms with van der Waals surface area (Å²) in [6.45, 7) is 5.54. The first-order valence-corrected chi connectivity index (χ1v) is 7.67. The lowest BCUT2D eigenvalue weighted by Gasteiger charge is -2.11. The second kappa shape index (κ2) is 7.74. The highest BCUT2D eigenvalue weighted by molar-refractivity contribution is 5.45. The van der Waals surface area contributed by atoms with Gasteiger partial charge in [-0.25, -0.2) is 0 Å². The molecule has 0 spiro atoms. The highest BCUT2D eigenvalue weighted by atomic mass is 14.9. The Bertz CT molecular complexity index is 487. The first-order chi connectivity index (χ1) is 9.79. The number of benzene rings is 2. The molecule has 1 unspecified atom stereocenters. The van der Waals surface area contributed by atoms with E-state index in [4.69, 9.17) is 0 Å². The van der Waals surface area contributed by atoms with E-state index in [-0.39, 0.29) is 0 Å². The second-order valence-electron chi connectivity index (χ2n) is 5.45. The van der Waals surface area contributed by atoms with Gasteiger partial charge in [0.15, 0.2) is 0 Å². The van der Waals surface area contributed by atoms with Gasteiger partial charge in [0.2, 0.25) is 0 Å². The minimum absolute atomic E-state index is 0.655. The highest BCUT2D eigenvalue weighted by Gasteiger charge is 2.02. The van der Waals surface area contributed by atoms with Crippen LogP contribution in [0.3, 0.4) is 0 Å². The van der Waals surface area contributed by atoms with Gasteiger partial charge in [-0.2, -0.15) is 0 Å². The van der Waals surface area contributed by atoms with Crippen LogP contribution < -0.4 is 5.32 Å². The Labute approximate surface area is 123 Å². The molecular formula is C19H25N. The fraction of sp³-hybridized carbons (Fsp3) is 0.368. The van der Waals surface area contributed by atoms with Crippen molar-refractivity contribution >= 4 is 5.69 Å². The predicted octanol–water partition coefficient (Wildman–Crippen LogP) is 5.24. The molecule has 0 fully saturated rings. The van der Waals surface area contributed by atoms with Crippen LogP contribution in [0.5, 0.6) is 0 Å². The highest BCUT2D eigenvalue weighted by Crippen LogP contribution is 2.20. The van der Waals surface area contributed by atoms with E-state index in [0.717, 1.165) is 19.4 Å². The molecule has 0 aromatic heterocycles. The van der Waals surface area contributed by atoms with Gasteiger partial charge >= 0.3 is 0 Å². The van der Waals surface area contributed by atoms with E-state index in [1.165, 1.54) is 23.2 Å². The Balaban J connectivity index is 1.74. The summed E-state index contributed by atoms with van der Waals surface area (Å²) >= 11 is 0. The standard InChI is InChI=1S/C19H25N/c1-3-16(2)18-11-13-19(14-12-18)20-15-7-10-17-8-5-4-6-9-17/h4-6,8-9,11-14,16,20H,3,7,10,15H2,1-2H3. The van der Waals surface area contributed by atoms with Crippen LogP contribution in [-0.2, 0) is 6.42 Å². The molecule has 1 atom stereocenters. The molecule has 0 aliphatic heterocycles. The molecule has 0 radical (unpaired) electrons. The molecule has 1 nitrogen and oxygen atoms in total. The SMILES string of the molecule is CCC(C)c1ccc(NCCCc2ccccc2)cc1. The van der Waals surface area contributed by atoms with Crippen molar-refractivity contribution in [3.8, 4) is 0 Å². The number of nitrogens with one attached hydrogen (secondary N) is 1. The minimum atomic E-state index is 0.655. The van der Waals surface area contributed by atoms with Gasteiger partial charge in [0, 0.05) is 12.2 Å². The van der Waals surface area contributed by atoms with Crippen LogP contribution in [0, 0.1) is 0 Å². The van der Waals surface area contributed by atoms with Crippen molar-refractivity contribution in [2.45, 2.75) is 39.0 Å². The summed E-state index contributed by atoms with van der Waals surface area (Å²) in [5, 5.41) is 3.50. The topological polar surface area (TPSA) is 12.0 Å². The Morgan fingerprint density at radius 1 is 0.950 bits per heavy atom. The molecule has 1 heteroatoms. The van der Waals surface area contributed by atoms with Gasteiger partial charge in [0.1, 0.15) is 0 Å². The van der Waals surface area contributed by atoms with Gasteiger partial charge in [-0.15, -0.1) is 0 Å². The van der Waals surface area contributed by atoms with Gasteiger partial charge < -0.3 is 5.32 Å². The van der Waals surface area contributed by atoms with Crippen LogP contribution in [0.1, 0.15) is 43.7 Å². The maximum Gasteiger partial charge on any atom is 0.0340 e. The zero-order valence-electron chi connectivity index (χ0n) is 12.6. The quantitative estimate of drug-likeness (QED) is 0.676. The smallest absolute Gasteiger partial charge is 0.0340 e. The molecular weight excluding hydrogens is 242 g/mol. The van der Waals surface area contributed by atoms with Crippen molar-refractivity contribution in [2.75, 3.05) is 11.9 Å². The lowest BCUT2D eigenvalue weighted by molar-refractivity contribution is 0.733. The first-order valence-electron chi connectivity index (χ1n) is 7.67. The van der Waals surface area contributed by atoms with Gasteiger partial charge in [-0.3, -0.25) is 0 Å². The Morgan fingerprint density at radius 2 is 1.65 bits per heavy atom. The number of hydrogen-bond donors (Lipinski definition) is 1. The van der Waals surface area contributed by atoms with Gasteiger partial charge in [-0.05, 0) is 48.4 Å². The van der Waals surface area contributed by atoms with Gasteiger partial charge in [0.25, 0.3) is 0 Å². The number of aryl methyl sites for hydroxylation is 1. The van der Waals surface area contributed by atoms with Crippen LogP contribution in [-0.4, -0.2) is 6.54 Å². The minimum Gasteiger partial charge on any atom is -0.385 e. The van der Waals surface area contributed by atoms with Crippen molar-refractivity contribution in [1.82, 2.24) is 0 Å². The normalized spacial score (nSPS) is 12.1. The van der Waals surface area contributed by atoms with Crippen LogP contribution in [0.4, 0.5) is 5.69 Å². The van der Waals surface area contributed by atoms with Crippen molar-refractivity contribution in [3.63, 3.8) is 0 Å². The predicted molar refractivity (Wildman–Crippen MR) is 88.4 cm³/mol. The van der Waals surface area contributed by atoms with Crippen LogP contribution in [0.25, 0.3) is 0 Å². The van der Waals surface area contributed by atoms with Gasteiger partial charge in [-0.1, -0.05) is 56.3 Å². The molecule has 0 saturated heterocycles. The summed E-state index contributed by atoms with van der Waals surface area (Å²) in [5.74, 6) is 0.655. The molecule has 0 amide bonds. The summed E-state index contributed by atoms with van der Waals surface area (Å²) < 4.78 is 0. The van der Waals surface area contributed by atoms with E-state index >= 15 is 0 Å². The van der Waals surface area contributed by atoms with Crippen LogP contribution in [0.2, 0.25) is 0 Å². The van der Waals surface area contributed by atoms with E-state index in [1.807, 2.05) is 0 Å². The van der Waals surface area contributed by atoms with E-state index in [1.54, 1.807) is 0 Å². The largest absolute Gasteiger partial charge is 0.385 e. The lowest BCUT2D eigenvalue weighted by atomic mass is 9.99. The van der Waals surface area contributed by atoms with E-state index in [2.05, 4.69) is 73.8 Å². The van der Waals surface area contributed by atoms with E-state index < -0.39 is 0 Å². The van der Waals surface area contributed by atoms with Crippen LogP contribution >= 0.6 is 0 Å². The zero-order chi connectivity index (χ0) is 14.2. The molecule has 20 heavy (non-hydrogen) atoms.